The first kappa shape index (κ1) is 25.3. The van der Waals surface area contributed by atoms with Crippen LogP contribution in [0.15, 0.2) is 29.3 Å². The van der Waals surface area contributed by atoms with E-state index in [4.69, 9.17) is 4.99 Å². The van der Waals surface area contributed by atoms with Crippen molar-refractivity contribution in [3.8, 4) is 0 Å². The van der Waals surface area contributed by atoms with Crippen LogP contribution in [0.4, 0.5) is 0 Å². The molecule has 1 fully saturated rings. The molecule has 30 heavy (non-hydrogen) atoms. The van der Waals surface area contributed by atoms with Crippen molar-refractivity contribution in [2.24, 2.45) is 4.99 Å². The lowest BCUT2D eigenvalue weighted by Gasteiger charge is -2.29. The maximum Gasteiger partial charge on any atom is 0.222 e. The van der Waals surface area contributed by atoms with Crippen molar-refractivity contribution in [1.29, 1.82) is 0 Å². The van der Waals surface area contributed by atoms with Crippen LogP contribution < -0.4 is 10.6 Å². The molecule has 1 aromatic rings. The van der Waals surface area contributed by atoms with E-state index < -0.39 is 0 Å². The highest BCUT2D eigenvalue weighted by Gasteiger charge is 2.25. The van der Waals surface area contributed by atoms with Gasteiger partial charge in [0, 0.05) is 43.9 Å². The highest BCUT2D eigenvalue weighted by Crippen LogP contribution is 2.29. The Bertz CT molecular complexity index is 700. The van der Waals surface area contributed by atoms with Gasteiger partial charge in [-0.05, 0) is 55.9 Å². The number of carbonyl (C=O) groups excluding carboxylic acids is 1. The summed E-state index contributed by atoms with van der Waals surface area (Å²) in [5, 5.41) is 7.74. The van der Waals surface area contributed by atoms with Crippen molar-refractivity contribution in [1.82, 2.24) is 15.5 Å². The van der Waals surface area contributed by atoms with E-state index in [2.05, 4.69) is 60.5 Å². The van der Waals surface area contributed by atoms with Gasteiger partial charge in [0.05, 0.1) is 0 Å². The molecular weight excluding hydrogens is 507 g/mol. The molecule has 2 atom stereocenters. The lowest BCUT2D eigenvalue weighted by molar-refractivity contribution is -0.132. The maximum absolute atomic E-state index is 12.6. The van der Waals surface area contributed by atoms with Crippen LogP contribution in [0.3, 0.4) is 0 Å². The number of aliphatic imine (C=N–C) groups is 1. The summed E-state index contributed by atoms with van der Waals surface area (Å²) in [5.41, 5.74) is 2.67. The van der Waals surface area contributed by atoms with Crippen molar-refractivity contribution in [2.75, 3.05) is 25.4 Å². The summed E-state index contributed by atoms with van der Waals surface area (Å²) in [6.07, 6.45) is 6.07. The van der Waals surface area contributed by atoms with Crippen LogP contribution in [0.1, 0.15) is 57.1 Å². The smallest absolute Gasteiger partial charge is 0.222 e. The summed E-state index contributed by atoms with van der Waals surface area (Å²) in [6, 6.07) is 8.98. The van der Waals surface area contributed by atoms with Crippen molar-refractivity contribution < 1.29 is 4.79 Å². The Labute approximate surface area is 203 Å². The second-order valence-electron chi connectivity index (χ2n) is 7.93. The Morgan fingerprint density at radius 1 is 1.23 bits per heavy atom. The summed E-state index contributed by atoms with van der Waals surface area (Å²) in [7, 11) is 0. The third-order valence-electron chi connectivity index (χ3n) is 5.77. The largest absolute Gasteiger partial charge is 0.357 e. The molecule has 1 heterocycles. The zero-order valence-electron chi connectivity index (χ0n) is 18.4. The fourth-order valence-electron chi connectivity index (χ4n) is 4.26. The van der Waals surface area contributed by atoms with E-state index in [9.17, 15) is 4.79 Å². The molecule has 2 aliphatic rings. The molecule has 5 nitrogen and oxygen atoms in total. The summed E-state index contributed by atoms with van der Waals surface area (Å²) < 4.78 is 0. The molecule has 0 spiro atoms. The molecule has 0 radical (unpaired) electrons. The first-order chi connectivity index (χ1) is 14.2. The van der Waals surface area contributed by atoms with Gasteiger partial charge in [-0.1, -0.05) is 31.2 Å². The van der Waals surface area contributed by atoms with E-state index in [1.165, 1.54) is 36.1 Å². The molecule has 0 bridgehead atoms. The second kappa shape index (κ2) is 13.5. The van der Waals surface area contributed by atoms with Crippen molar-refractivity contribution in [2.45, 2.75) is 70.2 Å². The Kier molecular flexibility index (Phi) is 11.3. The van der Waals surface area contributed by atoms with Crippen LogP contribution in [0, 0.1) is 0 Å². The maximum atomic E-state index is 12.6. The van der Waals surface area contributed by atoms with Gasteiger partial charge in [-0.25, -0.2) is 0 Å². The topological polar surface area (TPSA) is 56.7 Å². The number of thioether (sulfide) groups is 1. The SMILES string of the molecule is CCNC(=NCCCC(=O)N1CCc2ccccc2C1)NC1CCC(SCC)C1.I. The Morgan fingerprint density at radius 2 is 2.03 bits per heavy atom. The number of nitrogens with one attached hydrogen (secondary N) is 2. The zero-order valence-corrected chi connectivity index (χ0v) is 21.5. The Hall–Kier alpha value is -0.960. The fraction of sp³-hybridized carbons (Fsp3) is 0.652. The van der Waals surface area contributed by atoms with E-state index in [1.54, 1.807) is 0 Å². The van der Waals surface area contributed by atoms with Crippen LogP contribution in [0.25, 0.3) is 0 Å². The van der Waals surface area contributed by atoms with Gasteiger partial charge in [-0.2, -0.15) is 11.8 Å². The highest BCUT2D eigenvalue weighted by atomic mass is 127. The molecule has 2 N–H and O–H groups in total. The average Bonchev–Trinajstić information content (AvgIpc) is 3.18. The van der Waals surface area contributed by atoms with Gasteiger partial charge >= 0.3 is 0 Å². The number of amides is 1. The molecule has 0 saturated heterocycles. The molecule has 3 rings (SSSR count). The quantitative estimate of drug-likeness (QED) is 0.223. The third-order valence-corrected chi connectivity index (χ3v) is 7.01. The molecule has 1 aliphatic carbocycles. The number of fused-ring (bicyclic) bond motifs is 1. The van der Waals surface area contributed by atoms with Crippen LogP contribution >= 0.6 is 35.7 Å². The third kappa shape index (κ3) is 7.62. The zero-order chi connectivity index (χ0) is 20.5. The van der Waals surface area contributed by atoms with Gasteiger partial charge in [0.25, 0.3) is 0 Å². The van der Waals surface area contributed by atoms with Gasteiger partial charge in [0.2, 0.25) is 5.91 Å². The predicted octanol–water partition coefficient (Wildman–Crippen LogP) is 4.20. The predicted molar refractivity (Wildman–Crippen MR) is 139 cm³/mol. The van der Waals surface area contributed by atoms with Gasteiger partial charge < -0.3 is 15.5 Å². The van der Waals surface area contributed by atoms with Crippen molar-refractivity contribution in [3.63, 3.8) is 0 Å². The number of rotatable bonds is 8. The van der Waals surface area contributed by atoms with Crippen molar-refractivity contribution in [3.05, 3.63) is 35.4 Å². The molecule has 7 heteroatoms. The molecule has 2 unspecified atom stereocenters. The van der Waals surface area contributed by atoms with Crippen LogP contribution in [0.2, 0.25) is 0 Å². The lowest BCUT2D eigenvalue weighted by atomic mass is 9.99. The lowest BCUT2D eigenvalue weighted by Crippen LogP contribution is -2.42. The molecule has 1 aliphatic heterocycles. The van der Waals surface area contributed by atoms with Crippen molar-refractivity contribution >= 4 is 47.6 Å². The second-order valence-corrected chi connectivity index (χ2v) is 9.51. The number of hydrogen-bond donors (Lipinski definition) is 2. The monoisotopic (exact) mass is 544 g/mol. The molecule has 0 aromatic heterocycles. The van der Waals surface area contributed by atoms with Gasteiger partial charge in [0.1, 0.15) is 0 Å². The van der Waals surface area contributed by atoms with E-state index in [-0.39, 0.29) is 29.9 Å². The minimum Gasteiger partial charge on any atom is -0.357 e. The van der Waals surface area contributed by atoms with Gasteiger partial charge in [-0.3, -0.25) is 9.79 Å². The minimum atomic E-state index is 0. The molecular formula is C23H37IN4OS. The summed E-state index contributed by atoms with van der Waals surface area (Å²) in [4.78, 5) is 19.3. The Morgan fingerprint density at radius 3 is 2.80 bits per heavy atom. The fourth-order valence-corrected chi connectivity index (χ4v) is 5.40. The van der Waals surface area contributed by atoms with Gasteiger partial charge in [0.15, 0.2) is 5.96 Å². The molecule has 1 aromatic carbocycles. The van der Waals surface area contributed by atoms with E-state index in [0.717, 1.165) is 43.7 Å². The molecule has 168 valence electrons. The number of benzene rings is 1. The van der Waals surface area contributed by atoms with Crippen LogP contribution in [-0.2, 0) is 17.8 Å². The number of guanidine groups is 1. The average molecular weight is 545 g/mol. The van der Waals surface area contributed by atoms with E-state index in [1.807, 2.05) is 4.90 Å². The normalized spacial score (nSPS) is 21.0. The number of nitrogens with zero attached hydrogens (tertiary/aromatic N) is 2. The Balaban J connectivity index is 0.00000320. The highest BCUT2D eigenvalue weighted by molar-refractivity contribution is 14.0. The molecule has 1 amide bonds. The van der Waals surface area contributed by atoms with E-state index in [0.29, 0.717) is 19.0 Å². The summed E-state index contributed by atoms with van der Waals surface area (Å²) in [5.74, 6) is 2.35. The summed E-state index contributed by atoms with van der Waals surface area (Å²) in [6.45, 7) is 7.46. The van der Waals surface area contributed by atoms with Gasteiger partial charge in [-0.15, -0.1) is 24.0 Å². The number of hydrogen-bond acceptors (Lipinski definition) is 3. The first-order valence-electron chi connectivity index (χ1n) is 11.2. The summed E-state index contributed by atoms with van der Waals surface area (Å²) >= 11 is 2.07. The number of halogens is 1. The van der Waals surface area contributed by atoms with Crippen LogP contribution in [0.5, 0.6) is 0 Å². The number of carbonyl (C=O) groups is 1. The van der Waals surface area contributed by atoms with E-state index >= 15 is 0 Å². The standard InChI is InChI=1S/C23H36N4OS.HI/c1-3-24-23(26-20-11-12-21(16-20)29-4-2)25-14-7-10-22(28)27-15-13-18-8-5-6-9-19(18)17-27;/h5-6,8-9,20-21H,3-4,7,10-17H2,1-2H3,(H2,24,25,26);1H. The first-order valence-corrected chi connectivity index (χ1v) is 12.3. The minimum absolute atomic E-state index is 0. The molecule has 1 saturated carbocycles. The van der Waals surface area contributed by atoms with Crippen LogP contribution in [-0.4, -0.2) is 53.4 Å².